The zero-order valence-electron chi connectivity index (χ0n) is 18.5. The second-order valence-corrected chi connectivity index (χ2v) is 11.5. The number of amides is 1. The van der Waals surface area contributed by atoms with Crippen LogP contribution in [0.3, 0.4) is 0 Å². The van der Waals surface area contributed by atoms with Gasteiger partial charge in [0, 0.05) is 24.2 Å². The summed E-state index contributed by atoms with van der Waals surface area (Å²) in [4.78, 5) is 17.6. The van der Waals surface area contributed by atoms with Crippen LogP contribution < -0.4 is 5.32 Å². The number of nitrogens with zero attached hydrogens (tertiary/aromatic N) is 2. The first-order chi connectivity index (χ1) is 15.2. The minimum Gasteiger partial charge on any atom is -0.325 e. The number of anilines is 1. The van der Waals surface area contributed by atoms with Crippen LogP contribution in [0.5, 0.6) is 0 Å². The van der Waals surface area contributed by atoms with Crippen LogP contribution in [0.15, 0.2) is 58.5 Å². The number of pyridine rings is 1. The number of hydrogen-bond acceptors (Lipinski definition) is 5. The van der Waals surface area contributed by atoms with Gasteiger partial charge in [-0.3, -0.25) is 4.79 Å². The van der Waals surface area contributed by atoms with Crippen molar-refractivity contribution >= 4 is 44.3 Å². The maximum atomic E-state index is 12.9. The molecule has 1 atom stereocenters. The maximum Gasteiger partial charge on any atom is 0.243 e. The van der Waals surface area contributed by atoms with Crippen LogP contribution in [0.2, 0.25) is 0 Å². The molecule has 1 N–H and O–H groups in total. The normalized spacial score (nSPS) is 15.7. The Kier molecular flexibility index (Phi) is 6.55. The number of aromatic nitrogens is 1. The maximum absolute atomic E-state index is 12.9. The third kappa shape index (κ3) is 4.82. The molecule has 1 saturated heterocycles. The van der Waals surface area contributed by atoms with E-state index >= 15 is 0 Å². The van der Waals surface area contributed by atoms with E-state index in [-0.39, 0.29) is 11.2 Å². The molecule has 2 aromatic carbocycles. The summed E-state index contributed by atoms with van der Waals surface area (Å²) in [5.41, 5.74) is 3.56. The van der Waals surface area contributed by atoms with E-state index in [2.05, 4.69) is 10.3 Å². The van der Waals surface area contributed by atoms with Crippen LogP contribution in [0.1, 0.15) is 30.9 Å². The first kappa shape index (κ1) is 22.8. The topological polar surface area (TPSA) is 79.4 Å². The summed E-state index contributed by atoms with van der Waals surface area (Å²) in [5, 5.41) is 4.14. The quantitative estimate of drug-likeness (QED) is 0.527. The number of nitrogens with one attached hydrogen (secondary N) is 1. The molecule has 0 spiro atoms. The Morgan fingerprint density at radius 2 is 1.75 bits per heavy atom. The van der Waals surface area contributed by atoms with E-state index in [1.807, 2.05) is 51.1 Å². The number of hydrogen-bond donors (Lipinski definition) is 1. The summed E-state index contributed by atoms with van der Waals surface area (Å²) in [6.07, 6.45) is 1.81. The molecule has 6 nitrogen and oxygen atoms in total. The standard InChI is InChI=1S/C24H27N3O3S2/c1-16-6-8-19(9-7-16)25-24(28)18(3)31-23-14-17(2)21-15-20(10-11-22(21)26-23)32(29,30)27-12-4-5-13-27/h6-11,14-15,18H,4-5,12-13H2,1-3H3,(H,25,28). The Morgan fingerprint density at radius 3 is 2.44 bits per heavy atom. The molecule has 1 fully saturated rings. The summed E-state index contributed by atoms with van der Waals surface area (Å²) < 4.78 is 27.4. The fourth-order valence-corrected chi connectivity index (χ4v) is 6.22. The van der Waals surface area contributed by atoms with Crippen molar-refractivity contribution in [1.29, 1.82) is 0 Å². The second kappa shape index (κ2) is 9.21. The second-order valence-electron chi connectivity index (χ2n) is 8.18. The molecule has 2 heterocycles. The molecule has 0 aliphatic carbocycles. The number of sulfonamides is 1. The van der Waals surface area contributed by atoms with E-state index in [0.717, 1.165) is 45.6 Å². The van der Waals surface area contributed by atoms with Crippen molar-refractivity contribution in [3.05, 3.63) is 59.7 Å². The van der Waals surface area contributed by atoms with Crippen LogP contribution in [-0.4, -0.2) is 42.0 Å². The third-order valence-corrected chi connectivity index (χ3v) is 8.57. The van der Waals surface area contributed by atoms with Crippen molar-refractivity contribution in [3.8, 4) is 0 Å². The lowest BCUT2D eigenvalue weighted by Gasteiger charge is -2.16. The summed E-state index contributed by atoms with van der Waals surface area (Å²) in [6, 6.07) is 14.7. The Labute approximate surface area is 193 Å². The number of fused-ring (bicyclic) bond motifs is 1. The molecule has 8 heteroatoms. The summed E-state index contributed by atoms with van der Waals surface area (Å²) in [6.45, 7) is 6.95. The Balaban J connectivity index is 1.52. The average molecular weight is 470 g/mol. The average Bonchev–Trinajstić information content (AvgIpc) is 3.31. The Hall–Kier alpha value is -2.42. The van der Waals surface area contributed by atoms with Gasteiger partial charge in [-0.15, -0.1) is 0 Å². The predicted octanol–water partition coefficient (Wildman–Crippen LogP) is 4.76. The number of carbonyl (C=O) groups is 1. The zero-order valence-corrected chi connectivity index (χ0v) is 20.1. The number of benzene rings is 2. The monoisotopic (exact) mass is 469 g/mol. The highest BCUT2D eigenvalue weighted by Crippen LogP contribution is 2.30. The van der Waals surface area contributed by atoms with Gasteiger partial charge in [-0.1, -0.05) is 29.5 Å². The van der Waals surface area contributed by atoms with Crippen molar-refractivity contribution in [3.63, 3.8) is 0 Å². The van der Waals surface area contributed by atoms with E-state index in [4.69, 9.17) is 0 Å². The number of carbonyl (C=O) groups excluding carboxylic acids is 1. The fourth-order valence-electron chi connectivity index (χ4n) is 3.76. The lowest BCUT2D eigenvalue weighted by Crippen LogP contribution is -2.27. The van der Waals surface area contributed by atoms with Crippen molar-refractivity contribution in [2.75, 3.05) is 18.4 Å². The van der Waals surface area contributed by atoms with Gasteiger partial charge in [-0.2, -0.15) is 4.31 Å². The first-order valence-electron chi connectivity index (χ1n) is 10.7. The number of rotatable bonds is 6. The molecule has 0 saturated carbocycles. The highest BCUT2D eigenvalue weighted by atomic mass is 32.2. The largest absolute Gasteiger partial charge is 0.325 e. The molecule has 4 rings (SSSR count). The molecular weight excluding hydrogens is 442 g/mol. The molecule has 0 radical (unpaired) electrons. The molecule has 32 heavy (non-hydrogen) atoms. The fraction of sp³-hybridized carbons (Fsp3) is 0.333. The van der Waals surface area contributed by atoms with Gasteiger partial charge in [-0.25, -0.2) is 13.4 Å². The van der Waals surface area contributed by atoms with Gasteiger partial charge >= 0.3 is 0 Å². The lowest BCUT2D eigenvalue weighted by atomic mass is 10.1. The van der Waals surface area contributed by atoms with Gasteiger partial charge < -0.3 is 5.32 Å². The van der Waals surface area contributed by atoms with Gasteiger partial charge in [0.1, 0.15) is 0 Å². The zero-order chi connectivity index (χ0) is 22.9. The molecule has 3 aromatic rings. The van der Waals surface area contributed by atoms with Gasteiger partial charge in [0.2, 0.25) is 15.9 Å². The van der Waals surface area contributed by atoms with Gasteiger partial charge in [0.15, 0.2) is 0 Å². The summed E-state index contributed by atoms with van der Waals surface area (Å²) >= 11 is 1.38. The van der Waals surface area contributed by atoms with Crippen LogP contribution >= 0.6 is 11.8 Å². The predicted molar refractivity (Wildman–Crippen MR) is 130 cm³/mol. The SMILES string of the molecule is Cc1ccc(NC(=O)C(C)Sc2cc(C)c3cc(S(=O)(=O)N4CCCC4)ccc3n2)cc1. The highest BCUT2D eigenvalue weighted by Gasteiger charge is 2.27. The van der Waals surface area contributed by atoms with Crippen molar-refractivity contribution in [2.24, 2.45) is 0 Å². The minimum atomic E-state index is -3.47. The molecule has 1 aliphatic rings. The molecule has 1 aliphatic heterocycles. The molecular formula is C24H27N3O3S2. The van der Waals surface area contributed by atoms with Crippen LogP contribution in [-0.2, 0) is 14.8 Å². The summed E-state index contributed by atoms with van der Waals surface area (Å²) in [7, 11) is -3.47. The van der Waals surface area contributed by atoms with E-state index in [1.165, 1.54) is 11.8 Å². The molecule has 0 bridgehead atoms. The van der Waals surface area contributed by atoms with Crippen molar-refractivity contribution in [1.82, 2.24) is 9.29 Å². The number of thioether (sulfide) groups is 1. The minimum absolute atomic E-state index is 0.0922. The molecule has 168 valence electrons. The van der Waals surface area contributed by atoms with Crippen LogP contribution in [0.25, 0.3) is 10.9 Å². The van der Waals surface area contributed by atoms with Crippen molar-refractivity contribution in [2.45, 2.75) is 48.8 Å². The highest BCUT2D eigenvalue weighted by molar-refractivity contribution is 8.00. The first-order valence-corrected chi connectivity index (χ1v) is 13.0. The third-order valence-electron chi connectivity index (χ3n) is 5.65. The van der Waals surface area contributed by atoms with E-state index < -0.39 is 10.0 Å². The van der Waals surface area contributed by atoms with E-state index in [1.54, 1.807) is 22.5 Å². The molecule has 1 amide bonds. The van der Waals surface area contributed by atoms with E-state index in [0.29, 0.717) is 18.0 Å². The Bertz CT molecular complexity index is 1250. The lowest BCUT2D eigenvalue weighted by molar-refractivity contribution is -0.115. The smallest absolute Gasteiger partial charge is 0.243 e. The molecule has 1 aromatic heterocycles. The summed E-state index contributed by atoms with van der Waals surface area (Å²) in [5.74, 6) is -0.0922. The molecule has 1 unspecified atom stereocenters. The van der Waals surface area contributed by atoms with E-state index in [9.17, 15) is 13.2 Å². The van der Waals surface area contributed by atoms with Gasteiger partial charge in [0.05, 0.1) is 20.7 Å². The van der Waals surface area contributed by atoms with Gasteiger partial charge in [-0.05, 0) is 75.6 Å². The Morgan fingerprint density at radius 1 is 1.06 bits per heavy atom. The number of aryl methyl sites for hydroxylation is 2. The van der Waals surface area contributed by atoms with Crippen molar-refractivity contribution < 1.29 is 13.2 Å². The van der Waals surface area contributed by atoms with Crippen LogP contribution in [0.4, 0.5) is 5.69 Å². The van der Waals surface area contributed by atoms with Crippen LogP contribution in [0, 0.1) is 13.8 Å². The van der Waals surface area contributed by atoms with Gasteiger partial charge in [0.25, 0.3) is 0 Å².